The molecule has 0 fully saturated rings. The summed E-state index contributed by atoms with van der Waals surface area (Å²) in [6.45, 7) is 14.7. The predicted molar refractivity (Wildman–Crippen MR) is 112 cm³/mol. The zero-order chi connectivity index (χ0) is 16.5. The van der Waals surface area contributed by atoms with Crippen molar-refractivity contribution in [2.45, 2.75) is 47.2 Å². The Bertz CT molecular complexity index is 486. The van der Waals surface area contributed by atoms with E-state index in [1.807, 2.05) is 7.05 Å². The largest absolute Gasteiger partial charge is 0.355 e. The molecule has 0 bridgehead atoms. The number of aryl methyl sites for hydroxylation is 2. The minimum atomic E-state index is 0. The third-order valence-corrected chi connectivity index (χ3v) is 4.00. The van der Waals surface area contributed by atoms with Crippen molar-refractivity contribution in [3.8, 4) is 0 Å². The van der Waals surface area contributed by atoms with Crippen LogP contribution in [-0.4, -0.2) is 43.6 Å². The van der Waals surface area contributed by atoms with E-state index in [-0.39, 0.29) is 24.0 Å². The number of hydrogen-bond donors (Lipinski definition) is 2. The molecule has 23 heavy (non-hydrogen) atoms. The van der Waals surface area contributed by atoms with E-state index < -0.39 is 0 Å². The summed E-state index contributed by atoms with van der Waals surface area (Å²) in [5.41, 5.74) is 3.93. The summed E-state index contributed by atoms with van der Waals surface area (Å²) in [7, 11) is 1.82. The smallest absolute Gasteiger partial charge is 0.191 e. The van der Waals surface area contributed by atoms with E-state index in [0.717, 1.165) is 32.1 Å². The molecule has 0 unspecified atom stereocenters. The number of nitrogens with one attached hydrogen (secondary N) is 2. The Balaban J connectivity index is 0.00000484. The highest BCUT2D eigenvalue weighted by molar-refractivity contribution is 14.0. The molecule has 2 N–H and O–H groups in total. The molecular formula is C18H33IN4. The molecule has 0 aromatic heterocycles. The van der Waals surface area contributed by atoms with Gasteiger partial charge in [-0.15, -0.1) is 24.0 Å². The Morgan fingerprint density at radius 2 is 1.91 bits per heavy atom. The molecule has 0 radical (unpaired) electrons. The standard InChI is InChI=1S/C18H32N4.HI/c1-7-22(14(2)3)11-10-20-18(19-6)21-13-17-9-8-15(4)12-16(17)5;/h8-9,12,14H,7,10-11,13H2,1-6H3,(H2,19,20,21);1H. The van der Waals surface area contributed by atoms with Crippen molar-refractivity contribution in [1.82, 2.24) is 15.5 Å². The molecule has 1 rings (SSSR count). The summed E-state index contributed by atoms with van der Waals surface area (Å²) in [5, 5.41) is 6.77. The summed E-state index contributed by atoms with van der Waals surface area (Å²) in [6.07, 6.45) is 0. The molecule has 0 saturated carbocycles. The maximum Gasteiger partial charge on any atom is 0.191 e. The van der Waals surface area contributed by atoms with Crippen LogP contribution in [0.3, 0.4) is 0 Å². The van der Waals surface area contributed by atoms with Crippen LogP contribution in [0.15, 0.2) is 23.2 Å². The summed E-state index contributed by atoms with van der Waals surface area (Å²) < 4.78 is 0. The molecular weight excluding hydrogens is 399 g/mol. The quantitative estimate of drug-likeness (QED) is 0.395. The van der Waals surface area contributed by atoms with Gasteiger partial charge in [-0.1, -0.05) is 30.7 Å². The normalized spacial score (nSPS) is 11.6. The maximum absolute atomic E-state index is 4.29. The van der Waals surface area contributed by atoms with E-state index in [0.29, 0.717) is 6.04 Å². The Kier molecular flexibility index (Phi) is 11.3. The van der Waals surface area contributed by atoms with E-state index in [9.17, 15) is 0 Å². The van der Waals surface area contributed by atoms with E-state index in [1.54, 1.807) is 0 Å². The third kappa shape index (κ3) is 8.01. The van der Waals surface area contributed by atoms with Crippen LogP contribution in [0.5, 0.6) is 0 Å². The number of nitrogens with zero attached hydrogens (tertiary/aromatic N) is 2. The van der Waals surface area contributed by atoms with Gasteiger partial charge in [0.2, 0.25) is 0 Å². The zero-order valence-corrected chi connectivity index (χ0v) is 17.8. The topological polar surface area (TPSA) is 39.7 Å². The molecule has 0 heterocycles. The second-order valence-corrected chi connectivity index (χ2v) is 6.00. The van der Waals surface area contributed by atoms with Crippen LogP contribution in [0.1, 0.15) is 37.5 Å². The average Bonchev–Trinajstić information content (AvgIpc) is 2.47. The molecule has 0 atom stereocenters. The van der Waals surface area contributed by atoms with Crippen molar-refractivity contribution in [2.75, 3.05) is 26.7 Å². The van der Waals surface area contributed by atoms with Gasteiger partial charge in [-0.05, 0) is 45.4 Å². The Morgan fingerprint density at radius 1 is 1.22 bits per heavy atom. The fourth-order valence-corrected chi connectivity index (χ4v) is 2.54. The van der Waals surface area contributed by atoms with Gasteiger partial charge in [-0.25, -0.2) is 0 Å². The summed E-state index contributed by atoms with van der Waals surface area (Å²) in [4.78, 5) is 6.73. The number of aliphatic imine (C=N–C) groups is 1. The number of rotatable bonds is 7. The highest BCUT2D eigenvalue weighted by atomic mass is 127. The molecule has 0 aliphatic carbocycles. The van der Waals surface area contributed by atoms with Crippen LogP contribution >= 0.6 is 24.0 Å². The maximum atomic E-state index is 4.29. The summed E-state index contributed by atoms with van der Waals surface area (Å²) in [6, 6.07) is 7.14. The van der Waals surface area contributed by atoms with Gasteiger partial charge in [0.15, 0.2) is 5.96 Å². The van der Waals surface area contributed by atoms with Crippen LogP contribution in [0.2, 0.25) is 0 Å². The minimum Gasteiger partial charge on any atom is -0.355 e. The van der Waals surface area contributed by atoms with Crippen LogP contribution < -0.4 is 10.6 Å². The average molecular weight is 432 g/mol. The van der Waals surface area contributed by atoms with E-state index >= 15 is 0 Å². The van der Waals surface area contributed by atoms with Gasteiger partial charge >= 0.3 is 0 Å². The Morgan fingerprint density at radius 3 is 2.43 bits per heavy atom. The third-order valence-electron chi connectivity index (χ3n) is 4.00. The minimum absolute atomic E-state index is 0. The van der Waals surface area contributed by atoms with Gasteiger partial charge in [0.1, 0.15) is 0 Å². The monoisotopic (exact) mass is 432 g/mol. The summed E-state index contributed by atoms with van der Waals surface area (Å²) in [5.74, 6) is 0.861. The van der Waals surface area contributed by atoms with Crippen molar-refractivity contribution in [3.63, 3.8) is 0 Å². The van der Waals surface area contributed by atoms with Crippen LogP contribution in [-0.2, 0) is 6.54 Å². The molecule has 4 nitrogen and oxygen atoms in total. The second kappa shape index (κ2) is 11.7. The highest BCUT2D eigenvalue weighted by Crippen LogP contribution is 2.09. The predicted octanol–water partition coefficient (Wildman–Crippen LogP) is 3.32. The SMILES string of the molecule is CCN(CCNC(=NC)NCc1ccc(C)cc1C)C(C)C.I. The fraction of sp³-hybridized carbons (Fsp3) is 0.611. The Labute approximate surface area is 159 Å². The molecule has 5 heteroatoms. The van der Waals surface area contributed by atoms with Gasteiger partial charge in [0.25, 0.3) is 0 Å². The van der Waals surface area contributed by atoms with Crippen molar-refractivity contribution in [2.24, 2.45) is 4.99 Å². The molecule has 0 spiro atoms. The number of likely N-dealkylation sites (N-methyl/N-ethyl adjacent to an activating group) is 1. The van der Waals surface area contributed by atoms with E-state index in [4.69, 9.17) is 0 Å². The number of benzene rings is 1. The number of guanidine groups is 1. The molecule has 0 saturated heterocycles. The van der Waals surface area contributed by atoms with E-state index in [2.05, 4.69) is 73.3 Å². The number of halogens is 1. The molecule has 1 aromatic rings. The van der Waals surface area contributed by atoms with E-state index in [1.165, 1.54) is 16.7 Å². The molecule has 0 aliphatic rings. The van der Waals surface area contributed by atoms with Gasteiger partial charge in [0.05, 0.1) is 0 Å². The second-order valence-electron chi connectivity index (χ2n) is 6.00. The van der Waals surface area contributed by atoms with Crippen molar-refractivity contribution in [1.29, 1.82) is 0 Å². The first-order chi connectivity index (χ1) is 10.5. The lowest BCUT2D eigenvalue weighted by Gasteiger charge is -2.25. The first kappa shape index (κ1) is 22.2. The van der Waals surface area contributed by atoms with Crippen molar-refractivity contribution in [3.05, 3.63) is 34.9 Å². The van der Waals surface area contributed by atoms with Gasteiger partial charge in [-0.2, -0.15) is 0 Å². The van der Waals surface area contributed by atoms with Crippen molar-refractivity contribution < 1.29 is 0 Å². The molecule has 0 aliphatic heterocycles. The molecule has 1 aromatic carbocycles. The fourth-order valence-electron chi connectivity index (χ4n) is 2.54. The van der Waals surface area contributed by atoms with Crippen LogP contribution in [0, 0.1) is 13.8 Å². The first-order valence-electron chi connectivity index (χ1n) is 8.22. The van der Waals surface area contributed by atoms with Gasteiger partial charge in [-0.3, -0.25) is 9.89 Å². The molecule has 132 valence electrons. The van der Waals surface area contributed by atoms with Gasteiger partial charge in [0, 0.05) is 32.7 Å². The zero-order valence-electron chi connectivity index (χ0n) is 15.4. The highest BCUT2D eigenvalue weighted by Gasteiger charge is 2.06. The van der Waals surface area contributed by atoms with Crippen LogP contribution in [0.4, 0.5) is 0 Å². The molecule has 0 amide bonds. The summed E-state index contributed by atoms with van der Waals surface area (Å²) >= 11 is 0. The van der Waals surface area contributed by atoms with Crippen molar-refractivity contribution >= 4 is 29.9 Å². The van der Waals surface area contributed by atoms with Gasteiger partial charge < -0.3 is 10.6 Å². The lowest BCUT2D eigenvalue weighted by atomic mass is 10.1. The lowest BCUT2D eigenvalue weighted by molar-refractivity contribution is 0.237. The Hall–Kier alpha value is -0.820. The lowest BCUT2D eigenvalue weighted by Crippen LogP contribution is -2.42. The number of hydrogen-bond acceptors (Lipinski definition) is 2. The first-order valence-corrected chi connectivity index (χ1v) is 8.22. The van der Waals surface area contributed by atoms with Crippen LogP contribution in [0.25, 0.3) is 0 Å².